The minimum atomic E-state index is -0.000937. The number of hydrogen-bond acceptors (Lipinski definition) is 4. The molecule has 0 bridgehead atoms. The van der Waals surface area contributed by atoms with Gasteiger partial charge >= 0.3 is 5.97 Å². The first-order valence-corrected chi connectivity index (χ1v) is 7.06. The van der Waals surface area contributed by atoms with Crippen LogP contribution in [0.5, 0.6) is 0 Å². The van der Waals surface area contributed by atoms with Crippen LogP contribution in [0.15, 0.2) is 0 Å². The zero-order valence-electron chi connectivity index (χ0n) is 11.1. The molecule has 0 aliphatic heterocycles. The molecule has 4 heteroatoms. The Kier molecular flexibility index (Phi) is 8.26. The molecule has 1 aliphatic carbocycles. The van der Waals surface area contributed by atoms with Crippen molar-refractivity contribution in [3.05, 3.63) is 0 Å². The molecule has 0 N–H and O–H groups in total. The third-order valence-corrected chi connectivity index (χ3v) is 3.41. The number of esters is 1. The first-order valence-electron chi connectivity index (χ1n) is 7.06. The molecule has 0 radical (unpaired) electrons. The van der Waals surface area contributed by atoms with E-state index in [0.717, 1.165) is 51.4 Å². The van der Waals surface area contributed by atoms with Crippen molar-refractivity contribution in [1.82, 2.24) is 0 Å². The Hall–Kier alpha value is -1.06. The van der Waals surface area contributed by atoms with Crippen LogP contribution in [-0.2, 0) is 19.1 Å². The summed E-state index contributed by atoms with van der Waals surface area (Å²) in [6.45, 7) is 1.50. The number of unbranched alkanes of at least 4 members (excludes halogenated alkanes) is 3. The van der Waals surface area contributed by atoms with Gasteiger partial charge in [-0.25, -0.2) is 0 Å². The van der Waals surface area contributed by atoms with Gasteiger partial charge in [-0.15, -0.1) is 0 Å². The third kappa shape index (κ3) is 6.62. The van der Waals surface area contributed by atoms with Gasteiger partial charge in [0.25, 0.3) is 6.47 Å². The Morgan fingerprint density at radius 1 is 1.00 bits per heavy atom. The second-order valence-electron chi connectivity index (χ2n) is 4.88. The summed E-state index contributed by atoms with van der Waals surface area (Å²) in [6.07, 6.45) is 9.40. The maximum Gasteiger partial charge on any atom is 0.308 e. The van der Waals surface area contributed by atoms with Gasteiger partial charge in [-0.1, -0.05) is 19.3 Å². The molecule has 0 aromatic rings. The largest absolute Gasteiger partial charge is 0.468 e. The maximum atomic E-state index is 11.7. The van der Waals surface area contributed by atoms with Crippen molar-refractivity contribution in [2.45, 2.75) is 57.8 Å². The monoisotopic (exact) mass is 256 g/mol. The molecule has 18 heavy (non-hydrogen) atoms. The average molecular weight is 256 g/mol. The SMILES string of the molecule is O=COCCCCCCOC(=O)C1CCCCC1. The second kappa shape index (κ2) is 9.92. The lowest BCUT2D eigenvalue weighted by molar-refractivity contribution is -0.149. The van der Waals surface area contributed by atoms with E-state index in [9.17, 15) is 9.59 Å². The lowest BCUT2D eigenvalue weighted by Gasteiger charge is -2.19. The first-order chi connectivity index (χ1) is 8.84. The van der Waals surface area contributed by atoms with Crippen molar-refractivity contribution in [2.75, 3.05) is 13.2 Å². The zero-order valence-corrected chi connectivity index (χ0v) is 11.1. The standard InChI is InChI=1S/C14H24O4/c15-12-17-10-6-1-2-7-11-18-14(16)13-8-4-3-5-9-13/h12-13H,1-11H2. The number of carbonyl (C=O) groups is 2. The van der Waals surface area contributed by atoms with Gasteiger partial charge in [-0.3, -0.25) is 9.59 Å². The highest BCUT2D eigenvalue weighted by molar-refractivity contribution is 5.72. The molecule has 4 nitrogen and oxygen atoms in total. The molecule has 0 aromatic heterocycles. The molecular formula is C14H24O4. The molecule has 1 rings (SSSR count). The van der Waals surface area contributed by atoms with Gasteiger partial charge in [0.15, 0.2) is 0 Å². The van der Waals surface area contributed by atoms with Crippen LogP contribution in [0.25, 0.3) is 0 Å². The summed E-state index contributed by atoms with van der Waals surface area (Å²) in [5, 5.41) is 0. The van der Waals surface area contributed by atoms with Crippen molar-refractivity contribution < 1.29 is 19.1 Å². The molecular weight excluding hydrogens is 232 g/mol. The van der Waals surface area contributed by atoms with Crippen LogP contribution in [0.2, 0.25) is 0 Å². The first kappa shape index (κ1) is 15.0. The molecule has 0 saturated heterocycles. The van der Waals surface area contributed by atoms with E-state index in [1.807, 2.05) is 0 Å². The summed E-state index contributed by atoms with van der Waals surface area (Å²) in [5.74, 6) is 0.152. The van der Waals surface area contributed by atoms with Crippen molar-refractivity contribution in [3.63, 3.8) is 0 Å². The van der Waals surface area contributed by atoms with E-state index >= 15 is 0 Å². The molecule has 1 saturated carbocycles. The molecule has 0 heterocycles. The van der Waals surface area contributed by atoms with E-state index in [4.69, 9.17) is 4.74 Å². The number of hydrogen-bond donors (Lipinski definition) is 0. The Balaban J connectivity index is 1.90. The van der Waals surface area contributed by atoms with Gasteiger partial charge in [0.1, 0.15) is 0 Å². The normalized spacial score (nSPS) is 16.2. The Morgan fingerprint density at radius 2 is 1.67 bits per heavy atom. The van der Waals surface area contributed by atoms with Crippen LogP contribution in [0, 0.1) is 5.92 Å². The summed E-state index contributed by atoms with van der Waals surface area (Å²) < 4.78 is 9.87. The molecule has 0 amide bonds. The topological polar surface area (TPSA) is 52.6 Å². The fourth-order valence-corrected chi connectivity index (χ4v) is 2.32. The van der Waals surface area contributed by atoms with Gasteiger partial charge in [0, 0.05) is 0 Å². The van der Waals surface area contributed by atoms with Crippen LogP contribution in [0.3, 0.4) is 0 Å². The van der Waals surface area contributed by atoms with Crippen LogP contribution in [0.1, 0.15) is 57.8 Å². The second-order valence-corrected chi connectivity index (χ2v) is 4.88. The fraction of sp³-hybridized carbons (Fsp3) is 0.857. The highest BCUT2D eigenvalue weighted by atomic mass is 16.5. The van der Waals surface area contributed by atoms with Crippen molar-refractivity contribution in [3.8, 4) is 0 Å². The van der Waals surface area contributed by atoms with E-state index in [0.29, 0.717) is 19.7 Å². The summed E-state index contributed by atoms with van der Waals surface area (Å²) in [5.41, 5.74) is 0. The van der Waals surface area contributed by atoms with Crippen LogP contribution in [0.4, 0.5) is 0 Å². The zero-order chi connectivity index (χ0) is 13.1. The number of rotatable bonds is 9. The lowest BCUT2D eigenvalue weighted by atomic mass is 9.89. The minimum absolute atomic E-state index is 0.000937. The maximum absolute atomic E-state index is 11.7. The van der Waals surface area contributed by atoms with Crippen molar-refractivity contribution in [2.24, 2.45) is 5.92 Å². The van der Waals surface area contributed by atoms with Crippen molar-refractivity contribution in [1.29, 1.82) is 0 Å². The van der Waals surface area contributed by atoms with Crippen LogP contribution < -0.4 is 0 Å². The summed E-state index contributed by atoms with van der Waals surface area (Å²) in [7, 11) is 0. The Bertz CT molecular complexity index is 234. The quantitative estimate of drug-likeness (QED) is 0.361. The van der Waals surface area contributed by atoms with Crippen LogP contribution >= 0.6 is 0 Å². The average Bonchev–Trinajstić information content (AvgIpc) is 2.42. The number of ether oxygens (including phenoxy) is 2. The molecule has 1 aliphatic rings. The van der Waals surface area contributed by atoms with Gasteiger partial charge in [-0.2, -0.15) is 0 Å². The van der Waals surface area contributed by atoms with Gasteiger partial charge in [0.2, 0.25) is 0 Å². The molecule has 0 aromatic carbocycles. The summed E-state index contributed by atoms with van der Waals surface area (Å²) in [4.78, 5) is 21.6. The van der Waals surface area contributed by atoms with E-state index in [1.54, 1.807) is 0 Å². The predicted octanol–water partition coefficient (Wildman–Crippen LogP) is 2.84. The van der Waals surface area contributed by atoms with Gasteiger partial charge in [-0.05, 0) is 38.5 Å². The highest BCUT2D eigenvalue weighted by Crippen LogP contribution is 2.24. The Morgan fingerprint density at radius 3 is 2.33 bits per heavy atom. The summed E-state index contributed by atoms with van der Waals surface area (Å²) >= 11 is 0. The van der Waals surface area contributed by atoms with Crippen molar-refractivity contribution >= 4 is 12.4 Å². The highest BCUT2D eigenvalue weighted by Gasteiger charge is 2.21. The lowest BCUT2D eigenvalue weighted by Crippen LogP contribution is -2.20. The van der Waals surface area contributed by atoms with E-state index in [2.05, 4.69) is 4.74 Å². The molecule has 0 atom stereocenters. The molecule has 1 fully saturated rings. The number of carbonyl (C=O) groups excluding carboxylic acids is 2. The van der Waals surface area contributed by atoms with E-state index < -0.39 is 0 Å². The van der Waals surface area contributed by atoms with Crippen LogP contribution in [-0.4, -0.2) is 25.7 Å². The molecule has 0 spiro atoms. The van der Waals surface area contributed by atoms with E-state index in [1.165, 1.54) is 6.42 Å². The van der Waals surface area contributed by atoms with Gasteiger partial charge < -0.3 is 9.47 Å². The van der Waals surface area contributed by atoms with Gasteiger partial charge in [0.05, 0.1) is 19.1 Å². The Labute approximate surface area is 109 Å². The summed E-state index contributed by atoms with van der Waals surface area (Å²) in [6, 6.07) is 0. The minimum Gasteiger partial charge on any atom is -0.468 e. The molecule has 104 valence electrons. The van der Waals surface area contributed by atoms with E-state index in [-0.39, 0.29) is 11.9 Å². The predicted molar refractivity (Wildman–Crippen MR) is 68.0 cm³/mol. The fourth-order valence-electron chi connectivity index (χ4n) is 2.32. The third-order valence-electron chi connectivity index (χ3n) is 3.41. The molecule has 0 unspecified atom stereocenters. The smallest absolute Gasteiger partial charge is 0.308 e.